The summed E-state index contributed by atoms with van der Waals surface area (Å²) < 4.78 is 54.2. The van der Waals surface area contributed by atoms with E-state index in [1.54, 1.807) is 11.3 Å². The fraction of sp³-hybridized carbons (Fsp3) is 0.375. The van der Waals surface area contributed by atoms with Crippen molar-refractivity contribution in [2.75, 3.05) is 19.6 Å². The Morgan fingerprint density at radius 1 is 1.21 bits per heavy atom. The first kappa shape index (κ1) is 17.5. The maximum absolute atomic E-state index is 13.8. The second kappa shape index (κ2) is 7.26. The number of likely N-dealkylation sites (tertiary alicyclic amines) is 1. The second-order valence-electron chi connectivity index (χ2n) is 5.70. The molecule has 1 aromatic carbocycles. The first-order valence-electron chi connectivity index (χ1n) is 7.69. The first-order valence-corrected chi connectivity index (χ1v) is 10.1. The van der Waals surface area contributed by atoms with Gasteiger partial charge in [-0.25, -0.2) is 21.9 Å². The van der Waals surface area contributed by atoms with Gasteiger partial charge in [0.2, 0.25) is 10.0 Å². The zero-order chi connectivity index (χ0) is 17.2. The van der Waals surface area contributed by atoms with Crippen LogP contribution < -0.4 is 4.72 Å². The van der Waals surface area contributed by atoms with Crippen molar-refractivity contribution in [1.82, 2.24) is 9.62 Å². The quantitative estimate of drug-likeness (QED) is 0.848. The molecule has 0 spiro atoms. The highest BCUT2D eigenvalue weighted by atomic mass is 32.2. The first-order chi connectivity index (χ1) is 11.5. The van der Waals surface area contributed by atoms with Gasteiger partial charge in [0.25, 0.3) is 0 Å². The van der Waals surface area contributed by atoms with E-state index in [1.807, 2.05) is 17.5 Å². The summed E-state index contributed by atoms with van der Waals surface area (Å²) in [5.41, 5.74) is 0. The number of nitrogens with one attached hydrogen (secondary N) is 1. The summed E-state index contributed by atoms with van der Waals surface area (Å²) in [7, 11) is -4.12. The Kier molecular flexibility index (Phi) is 5.29. The molecule has 0 radical (unpaired) electrons. The third kappa shape index (κ3) is 3.83. The minimum atomic E-state index is -4.12. The van der Waals surface area contributed by atoms with Crippen LogP contribution in [-0.4, -0.2) is 33.0 Å². The summed E-state index contributed by atoms with van der Waals surface area (Å²) in [6, 6.07) is 6.20. The summed E-state index contributed by atoms with van der Waals surface area (Å²) in [6.07, 6.45) is 2.15. The molecule has 1 atom stereocenters. The Balaban J connectivity index is 1.79. The molecule has 0 amide bonds. The van der Waals surface area contributed by atoms with Crippen molar-refractivity contribution in [2.45, 2.75) is 23.8 Å². The Morgan fingerprint density at radius 2 is 1.96 bits per heavy atom. The van der Waals surface area contributed by atoms with Crippen LogP contribution in [0.25, 0.3) is 0 Å². The van der Waals surface area contributed by atoms with Crippen LogP contribution >= 0.6 is 11.3 Å². The molecule has 130 valence electrons. The topological polar surface area (TPSA) is 49.4 Å². The van der Waals surface area contributed by atoms with Gasteiger partial charge < -0.3 is 0 Å². The lowest BCUT2D eigenvalue weighted by molar-refractivity contribution is 0.250. The van der Waals surface area contributed by atoms with Crippen LogP contribution in [0.3, 0.4) is 0 Å². The smallest absolute Gasteiger partial charge is 0.243 e. The highest BCUT2D eigenvalue weighted by Crippen LogP contribution is 2.28. The molecule has 1 unspecified atom stereocenters. The van der Waals surface area contributed by atoms with Gasteiger partial charge in [-0.2, -0.15) is 0 Å². The maximum atomic E-state index is 13.8. The van der Waals surface area contributed by atoms with Crippen LogP contribution in [0.2, 0.25) is 0 Å². The SMILES string of the molecule is O=S(=O)(NCC(c1cccs1)N1CCCC1)c1cc(F)ccc1F. The van der Waals surface area contributed by atoms with Gasteiger partial charge in [-0.3, -0.25) is 4.90 Å². The van der Waals surface area contributed by atoms with Gasteiger partial charge >= 0.3 is 0 Å². The molecule has 4 nitrogen and oxygen atoms in total. The number of hydrogen-bond donors (Lipinski definition) is 1. The van der Waals surface area contributed by atoms with E-state index in [2.05, 4.69) is 9.62 Å². The third-order valence-electron chi connectivity index (χ3n) is 4.10. The Labute approximate surface area is 144 Å². The van der Waals surface area contributed by atoms with E-state index < -0.39 is 26.6 Å². The molecule has 2 heterocycles. The van der Waals surface area contributed by atoms with E-state index in [0.717, 1.165) is 42.9 Å². The fourth-order valence-corrected chi connectivity index (χ4v) is 4.88. The molecule has 1 fully saturated rings. The van der Waals surface area contributed by atoms with E-state index in [4.69, 9.17) is 0 Å². The molecule has 1 aliphatic rings. The third-order valence-corrected chi connectivity index (χ3v) is 6.51. The maximum Gasteiger partial charge on any atom is 0.243 e. The zero-order valence-electron chi connectivity index (χ0n) is 12.9. The molecule has 0 aliphatic carbocycles. The number of nitrogens with zero attached hydrogens (tertiary/aromatic N) is 1. The van der Waals surface area contributed by atoms with Crippen LogP contribution in [0.15, 0.2) is 40.6 Å². The summed E-state index contributed by atoms with van der Waals surface area (Å²) in [5, 5.41) is 1.94. The summed E-state index contributed by atoms with van der Waals surface area (Å²) in [6.45, 7) is 1.93. The predicted molar refractivity (Wildman–Crippen MR) is 89.4 cm³/mol. The Morgan fingerprint density at radius 3 is 2.62 bits per heavy atom. The highest BCUT2D eigenvalue weighted by Gasteiger charge is 2.27. The standard InChI is InChI=1S/C16H18F2N2O2S2/c17-12-5-6-13(18)16(10-12)24(21,22)19-11-14(15-4-3-9-23-15)20-7-1-2-8-20/h3-6,9-10,14,19H,1-2,7-8,11H2. The molecule has 8 heteroatoms. The lowest BCUT2D eigenvalue weighted by Crippen LogP contribution is -2.36. The normalized spacial score (nSPS) is 17.2. The van der Waals surface area contributed by atoms with Gasteiger partial charge in [-0.1, -0.05) is 6.07 Å². The molecule has 0 saturated carbocycles. The van der Waals surface area contributed by atoms with E-state index in [0.29, 0.717) is 6.07 Å². The predicted octanol–water partition coefficient (Wildman–Crippen LogP) is 3.14. The van der Waals surface area contributed by atoms with Gasteiger partial charge in [-0.15, -0.1) is 11.3 Å². The lowest BCUT2D eigenvalue weighted by atomic mass is 10.2. The van der Waals surface area contributed by atoms with Crippen LogP contribution in [0.1, 0.15) is 23.8 Å². The van der Waals surface area contributed by atoms with E-state index >= 15 is 0 Å². The summed E-state index contributed by atoms with van der Waals surface area (Å²) in [5.74, 6) is -1.75. The van der Waals surface area contributed by atoms with Crippen LogP contribution in [0.4, 0.5) is 8.78 Å². The number of sulfonamides is 1. The van der Waals surface area contributed by atoms with Gasteiger partial charge in [0.05, 0.1) is 6.04 Å². The number of thiophene rings is 1. The molecule has 1 aliphatic heterocycles. The van der Waals surface area contributed by atoms with Crippen LogP contribution in [0, 0.1) is 11.6 Å². The van der Waals surface area contributed by atoms with E-state index in [1.165, 1.54) is 0 Å². The monoisotopic (exact) mass is 372 g/mol. The summed E-state index contributed by atoms with van der Waals surface area (Å²) >= 11 is 1.56. The van der Waals surface area contributed by atoms with Crippen molar-refractivity contribution in [1.29, 1.82) is 0 Å². The van der Waals surface area contributed by atoms with Crippen molar-refractivity contribution in [3.63, 3.8) is 0 Å². The Hall–Kier alpha value is -1.35. The molecule has 0 bridgehead atoms. The van der Waals surface area contributed by atoms with Gasteiger partial charge in [0.1, 0.15) is 16.5 Å². The molecule has 24 heavy (non-hydrogen) atoms. The molecular weight excluding hydrogens is 354 g/mol. The number of benzene rings is 1. The average molecular weight is 372 g/mol. The van der Waals surface area contributed by atoms with Crippen molar-refractivity contribution < 1.29 is 17.2 Å². The van der Waals surface area contributed by atoms with E-state index in [9.17, 15) is 17.2 Å². The molecule has 3 rings (SSSR count). The molecule has 1 saturated heterocycles. The molecule has 2 aromatic rings. The van der Waals surface area contributed by atoms with Crippen LogP contribution in [0.5, 0.6) is 0 Å². The zero-order valence-corrected chi connectivity index (χ0v) is 14.5. The minimum Gasteiger partial charge on any atom is -0.294 e. The second-order valence-corrected chi connectivity index (χ2v) is 8.42. The van der Waals surface area contributed by atoms with Crippen molar-refractivity contribution in [3.05, 3.63) is 52.2 Å². The average Bonchev–Trinajstić information content (AvgIpc) is 3.23. The molecule has 1 N–H and O–H groups in total. The lowest BCUT2D eigenvalue weighted by Gasteiger charge is -2.26. The van der Waals surface area contributed by atoms with E-state index in [-0.39, 0.29) is 12.6 Å². The highest BCUT2D eigenvalue weighted by molar-refractivity contribution is 7.89. The number of hydrogen-bond acceptors (Lipinski definition) is 4. The molecule has 1 aromatic heterocycles. The van der Waals surface area contributed by atoms with Gasteiger partial charge in [0, 0.05) is 11.4 Å². The van der Waals surface area contributed by atoms with Crippen molar-refractivity contribution in [2.24, 2.45) is 0 Å². The number of halogens is 2. The van der Waals surface area contributed by atoms with Crippen LogP contribution in [-0.2, 0) is 10.0 Å². The van der Waals surface area contributed by atoms with Gasteiger partial charge in [-0.05, 0) is 55.6 Å². The number of rotatable bonds is 6. The van der Waals surface area contributed by atoms with Crippen molar-refractivity contribution in [3.8, 4) is 0 Å². The Bertz CT molecular complexity index is 788. The van der Waals surface area contributed by atoms with Gasteiger partial charge in [0.15, 0.2) is 0 Å². The minimum absolute atomic E-state index is 0.0982. The molecular formula is C16H18F2N2O2S2. The van der Waals surface area contributed by atoms with Crippen molar-refractivity contribution >= 4 is 21.4 Å². The largest absolute Gasteiger partial charge is 0.294 e. The fourth-order valence-electron chi connectivity index (χ4n) is 2.89. The summed E-state index contributed by atoms with van der Waals surface area (Å²) in [4.78, 5) is 2.61.